The maximum Gasteiger partial charge on any atom is 0.258 e. The van der Waals surface area contributed by atoms with E-state index < -0.39 is 10.0 Å². The van der Waals surface area contributed by atoms with Gasteiger partial charge in [0.1, 0.15) is 0 Å². The van der Waals surface area contributed by atoms with Gasteiger partial charge in [-0.15, -0.1) is 0 Å². The summed E-state index contributed by atoms with van der Waals surface area (Å²) in [5, 5.41) is 0.0615. The molecule has 2 aromatic rings. The first-order chi connectivity index (χ1) is 8.49. The van der Waals surface area contributed by atoms with Gasteiger partial charge in [-0.1, -0.05) is 28.1 Å². The summed E-state index contributed by atoms with van der Waals surface area (Å²) in [6, 6.07) is 7.16. The molecule has 0 aliphatic heterocycles. The fraction of sp³-hybridized carbons (Fsp3) is 0.182. The van der Waals surface area contributed by atoms with E-state index >= 15 is 0 Å². The second kappa shape index (κ2) is 5.21. The SMILES string of the molecule is C[C@H](NS(=O)(=O)c1cnc[nH]1)c1ccc(Br)cc1. The molecule has 2 rings (SSSR count). The van der Waals surface area contributed by atoms with Gasteiger partial charge in [0.2, 0.25) is 0 Å². The van der Waals surface area contributed by atoms with Gasteiger partial charge in [0.05, 0.1) is 12.5 Å². The molecule has 1 aromatic carbocycles. The van der Waals surface area contributed by atoms with Gasteiger partial charge in [-0.2, -0.15) is 0 Å². The molecule has 0 spiro atoms. The number of rotatable bonds is 4. The highest BCUT2D eigenvalue weighted by molar-refractivity contribution is 9.10. The van der Waals surface area contributed by atoms with Crippen LogP contribution < -0.4 is 4.72 Å². The molecule has 0 aliphatic carbocycles. The van der Waals surface area contributed by atoms with Gasteiger partial charge in [0.25, 0.3) is 10.0 Å². The Morgan fingerprint density at radius 2 is 2.00 bits per heavy atom. The first-order valence-corrected chi connectivity index (χ1v) is 7.53. The lowest BCUT2D eigenvalue weighted by atomic mass is 10.1. The summed E-state index contributed by atoms with van der Waals surface area (Å²) < 4.78 is 27.4. The molecular formula is C11H12BrN3O2S. The quantitative estimate of drug-likeness (QED) is 0.903. The van der Waals surface area contributed by atoms with Crippen LogP contribution in [0, 0.1) is 0 Å². The normalized spacial score (nSPS) is 13.4. The Balaban J connectivity index is 2.17. The molecule has 1 heterocycles. The van der Waals surface area contributed by atoms with Crippen molar-refractivity contribution < 1.29 is 8.42 Å². The summed E-state index contributed by atoms with van der Waals surface area (Å²) in [6.45, 7) is 1.79. The molecule has 0 amide bonds. The van der Waals surface area contributed by atoms with Gasteiger partial charge in [-0.05, 0) is 24.6 Å². The summed E-state index contributed by atoms with van der Waals surface area (Å²) >= 11 is 3.34. The van der Waals surface area contributed by atoms with Crippen LogP contribution in [0.3, 0.4) is 0 Å². The zero-order chi connectivity index (χ0) is 13.2. The Kier molecular flexibility index (Phi) is 3.84. The maximum absolute atomic E-state index is 12.0. The van der Waals surface area contributed by atoms with Gasteiger partial charge >= 0.3 is 0 Å². The Morgan fingerprint density at radius 3 is 2.56 bits per heavy atom. The van der Waals surface area contributed by atoms with Crippen LogP contribution in [0.15, 0.2) is 46.3 Å². The number of hydrogen-bond acceptors (Lipinski definition) is 3. The fourth-order valence-electron chi connectivity index (χ4n) is 1.51. The minimum absolute atomic E-state index is 0.0615. The number of sulfonamides is 1. The molecule has 0 radical (unpaired) electrons. The van der Waals surface area contributed by atoms with Crippen molar-refractivity contribution in [2.24, 2.45) is 0 Å². The van der Waals surface area contributed by atoms with Crippen LogP contribution in [-0.4, -0.2) is 18.4 Å². The van der Waals surface area contributed by atoms with Gasteiger partial charge < -0.3 is 4.98 Å². The number of halogens is 1. The van der Waals surface area contributed by atoms with Crippen molar-refractivity contribution in [2.75, 3.05) is 0 Å². The second-order valence-electron chi connectivity index (χ2n) is 3.81. The molecule has 7 heteroatoms. The van der Waals surface area contributed by atoms with Crippen LogP contribution in [0.1, 0.15) is 18.5 Å². The van der Waals surface area contributed by atoms with Crippen LogP contribution in [0.5, 0.6) is 0 Å². The van der Waals surface area contributed by atoms with E-state index in [1.54, 1.807) is 6.92 Å². The molecule has 0 aliphatic rings. The number of imidazole rings is 1. The van der Waals surface area contributed by atoms with Crippen LogP contribution in [0.2, 0.25) is 0 Å². The molecule has 96 valence electrons. The lowest BCUT2D eigenvalue weighted by molar-refractivity contribution is 0.564. The third-order valence-electron chi connectivity index (χ3n) is 2.46. The predicted molar refractivity (Wildman–Crippen MR) is 71.5 cm³/mol. The Bertz CT molecular complexity index is 608. The zero-order valence-corrected chi connectivity index (χ0v) is 12.0. The van der Waals surface area contributed by atoms with Crippen molar-refractivity contribution in [3.8, 4) is 0 Å². The largest absolute Gasteiger partial charge is 0.335 e. The van der Waals surface area contributed by atoms with Gasteiger partial charge in [0.15, 0.2) is 5.03 Å². The smallest absolute Gasteiger partial charge is 0.258 e. The lowest BCUT2D eigenvalue weighted by Crippen LogP contribution is -2.27. The minimum atomic E-state index is -3.55. The van der Waals surface area contributed by atoms with E-state index in [-0.39, 0.29) is 11.1 Å². The number of benzene rings is 1. The average Bonchev–Trinajstić information content (AvgIpc) is 2.83. The zero-order valence-electron chi connectivity index (χ0n) is 9.59. The van der Waals surface area contributed by atoms with Gasteiger partial charge in [-0.3, -0.25) is 0 Å². The number of nitrogens with one attached hydrogen (secondary N) is 2. The summed E-state index contributed by atoms with van der Waals surface area (Å²) in [6.07, 6.45) is 2.61. The minimum Gasteiger partial charge on any atom is -0.335 e. The molecule has 0 fully saturated rings. The number of H-pyrrole nitrogens is 1. The molecule has 1 atom stereocenters. The standard InChI is InChI=1S/C11H12BrN3O2S/c1-8(9-2-4-10(12)5-3-9)15-18(16,17)11-6-13-7-14-11/h2-8,15H,1H3,(H,13,14)/t8-/m0/s1. The van der Waals surface area contributed by atoms with Crippen molar-refractivity contribution >= 4 is 26.0 Å². The molecule has 5 nitrogen and oxygen atoms in total. The molecule has 0 saturated carbocycles. The van der Waals surface area contributed by atoms with E-state index in [9.17, 15) is 8.42 Å². The first kappa shape index (κ1) is 13.3. The van der Waals surface area contributed by atoms with E-state index in [0.717, 1.165) is 10.0 Å². The summed E-state index contributed by atoms with van der Waals surface area (Å²) in [5.41, 5.74) is 0.890. The van der Waals surface area contributed by atoms with E-state index in [0.29, 0.717) is 0 Å². The third-order valence-corrected chi connectivity index (χ3v) is 4.46. The van der Waals surface area contributed by atoms with E-state index in [1.165, 1.54) is 12.5 Å². The number of aromatic nitrogens is 2. The highest BCUT2D eigenvalue weighted by Crippen LogP contribution is 2.18. The van der Waals surface area contributed by atoms with Crippen LogP contribution in [-0.2, 0) is 10.0 Å². The number of hydrogen-bond donors (Lipinski definition) is 2. The van der Waals surface area contributed by atoms with Crippen molar-refractivity contribution in [3.63, 3.8) is 0 Å². The van der Waals surface area contributed by atoms with Crippen LogP contribution in [0.25, 0.3) is 0 Å². The van der Waals surface area contributed by atoms with Gasteiger partial charge in [-0.25, -0.2) is 18.1 Å². The molecule has 0 saturated heterocycles. The van der Waals surface area contributed by atoms with E-state index in [1.807, 2.05) is 24.3 Å². The first-order valence-electron chi connectivity index (χ1n) is 5.25. The molecule has 18 heavy (non-hydrogen) atoms. The maximum atomic E-state index is 12.0. The Hall–Kier alpha value is -1.18. The van der Waals surface area contributed by atoms with E-state index in [4.69, 9.17) is 0 Å². The topological polar surface area (TPSA) is 74.8 Å². The highest BCUT2D eigenvalue weighted by atomic mass is 79.9. The number of aromatic amines is 1. The number of nitrogens with zero attached hydrogens (tertiary/aromatic N) is 1. The van der Waals surface area contributed by atoms with Crippen LogP contribution in [0.4, 0.5) is 0 Å². The summed E-state index contributed by atoms with van der Waals surface area (Å²) in [7, 11) is -3.55. The molecule has 0 unspecified atom stereocenters. The van der Waals surface area contributed by atoms with E-state index in [2.05, 4.69) is 30.6 Å². The Labute approximate surface area is 114 Å². The molecule has 0 bridgehead atoms. The highest BCUT2D eigenvalue weighted by Gasteiger charge is 2.19. The third kappa shape index (κ3) is 2.98. The Morgan fingerprint density at radius 1 is 1.33 bits per heavy atom. The molecular weight excluding hydrogens is 318 g/mol. The predicted octanol–water partition coefficient (Wildman–Crippen LogP) is 2.21. The summed E-state index contributed by atoms with van der Waals surface area (Å²) in [4.78, 5) is 6.27. The van der Waals surface area contributed by atoms with Crippen molar-refractivity contribution in [2.45, 2.75) is 18.0 Å². The van der Waals surface area contributed by atoms with Crippen molar-refractivity contribution in [1.29, 1.82) is 0 Å². The second-order valence-corrected chi connectivity index (χ2v) is 6.41. The van der Waals surface area contributed by atoms with Crippen molar-refractivity contribution in [1.82, 2.24) is 14.7 Å². The van der Waals surface area contributed by atoms with Gasteiger partial charge in [0, 0.05) is 10.5 Å². The van der Waals surface area contributed by atoms with Crippen molar-refractivity contribution in [3.05, 3.63) is 46.8 Å². The average molecular weight is 330 g/mol. The summed E-state index contributed by atoms with van der Waals surface area (Å²) in [5.74, 6) is 0. The lowest BCUT2D eigenvalue weighted by Gasteiger charge is -2.13. The monoisotopic (exact) mass is 329 g/mol. The molecule has 2 N–H and O–H groups in total. The molecule has 1 aromatic heterocycles. The fourth-order valence-corrected chi connectivity index (χ4v) is 2.91. The van der Waals surface area contributed by atoms with Crippen LogP contribution >= 0.6 is 15.9 Å².